The van der Waals surface area contributed by atoms with Crippen LogP contribution in [-0.4, -0.2) is 0 Å². The summed E-state index contributed by atoms with van der Waals surface area (Å²) in [7, 11) is 0. The van der Waals surface area contributed by atoms with Crippen LogP contribution in [0.1, 0.15) is 35.8 Å². The fourth-order valence-corrected chi connectivity index (χ4v) is 5.20. The van der Waals surface area contributed by atoms with Gasteiger partial charge in [-0.2, -0.15) is 15.8 Å². The van der Waals surface area contributed by atoms with Gasteiger partial charge in [-0.1, -0.05) is 64.5 Å². The predicted molar refractivity (Wildman–Crippen MR) is 117 cm³/mol. The molecule has 5 heteroatoms. The predicted octanol–water partition coefficient (Wildman–Crippen LogP) is 5.44. The Kier molecular flexibility index (Phi) is 5.21. The van der Waals surface area contributed by atoms with Crippen molar-refractivity contribution in [2.24, 2.45) is 17.1 Å². The molecule has 0 unspecified atom stereocenters. The lowest BCUT2D eigenvalue weighted by Gasteiger charge is -2.45. The van der Waals surface area contributed by atoms with Crippen LogP contribution in [0.3, 0.4) is 0 Å². The van der Waals surface area contributed by atoms with Gasteiger partial charge in [0.1, 0.15) is 6.07 Å². The van der Waals surface area contributed by atoms with Gasteiger partial charge in [0.25, 0.3) is 0 Å². The Morgan fingerprint density at radius 3 is 2.20 bits per heavy atom. The highest BCUT2D eigenvalue weighted by molar-refractivity contribution is 9.10. The van der Waals surface area contributed by atoms with E-state index in [0.29, 0.717) is 5.57 Å². The molecule has 0 bridgehead atoms. The fourth-order valence-electron chi connectivity index (χ4n) is 4.93. The van der Waals surface area contributed by atoms with Gasteiger partial charge in [0.2, 0.25) is 0 Å². The molecule has 2 aromatic carbocycles. The van der Waals surface area contributed by atoms with Crippen LogP contribution in [0, 0.1) is 45.3 Å². The average Bonchev–Trinajstić information content (AvgIpc) is 2.79. The van der Waals surface area contributed by atoms with Gasteiger partial charge in [-0.15, -0.1) is 0 Å². The van der Waals surface area contributed by atoms with Gasteiger partial charge in [0, 0.05) is 10.4 Å². The van der Waals surface area contributed by atoms with Crippen LogP contribution in [0.2, 0.25) is 0 Å². The molecule has 2 N–H and O–H groups in total. The van der Waals surface area contributed by atoms with Crippen molar-refractivity contribution in [1.82, 2.24) is 0 Å². The van der Waals surface area contributed by atoms with E-state index < -0.39 is 11.3 Å². The number of nitrogens with zero attached hydrogens (tertiary/aromatic N) is 3. The Hall–Kier alpha value is -3.33. The van der Waals surface area contributed by atoms with Crippen molar-refractivity contribution in [2.45, 2.75) is 24.7 Å². The average molecular weight is 455 g/mol. The molecule has 4 nitrogen and oxygen atoms in total. The number of hydrogen-bond acceptors (Lipinski definition) is 4. The topological polar surface area (TPSA) is 97.4 Å². The van der Waals surface area contributed by atoms with Crippen LogP contribution in [0.25, 0.3) is 0 Å². The number of allylic oxidation sites excluding steroid dienone is 4. The minimum atomic E-state index is -1.58. The molecule has 2 aromatic rings. The third-order valence-corrected chi connectivity index (χ3v) is 6.91. The van der Waals surface area contributed by atoms with Gasteiger partial charge in [-0.3, -0.25) is 0 Å². The number of benzene rings is 2. The summed E-state index contributed by atoms with van der Waals surface area (Å²) in [6.45, 7) is 0. The Morgan fingerprint density at radius 2 is 1.60 bits per heavy atom. The van der Waals surface area contributed by atoms with Crippen LogP contribution in [0.5, 0.6) is 0 Å². The number of nitrogens with two attached hydrogens (primary N) is 1. The van der Waals surface area contributed by atoms with E-state index in [2.05, 4.69) is 52.3 Å². The van der Waals surface area contributed by atoms with Gasteiger partial charge in [-0.05, 0) is 53.5 Å². The molecule has 4 rings (SSSR count). The van der Waals surface area contributed by atoms with Crippen molar-refractivity contribution in [1.29, 1.82) is 15.8 Å². The molecule has 0 saturated heterocycles. The molecule has 3 atom stereocenters. The standard InChI is InChI=1S/C25H19BrN4/c26-19-9-6-17(7-10-19)23-21-12-18(16-4-2-1-3-5-16)8-11-20(21)22(13-27)24(30)25(23,14-28)15-29/h1-7,9-11,18,21,23H,8,12,30H2/t18-,21+,23-/m0/s1. The summed E-state index contributed by atoms with van der Waals surface area (Å²) in [5, 5.41) is 30.2. The SMILES string of the molecule is N#CC1=C(N)C(C#N)(C#N)[C@@H](c2ccc(Br)cc2)[C@@H]2C[C@@H](c3ccccc3)CC=C12. The van der Waals surface area contributed by atoms with Crippen molar-refractivity contribution in [3.63, 3.8) is 0 Å². The zero-order valence-corrected chi connectivity index (χ0v) is 17.8. The molecule has 0 aromatic heterocycles. The summed E-state index contributed by atoms with van der Waals surface area (Å²) in [5.41, 5.74) is 8.12. The summed E-state index contributed by atoms with van der Waals surface area (Å²) < 4.78 is 0.921. The first-order valence-electron chi connectivity index (χ1n) is 9.79. The largest absolute Gasteiger partial charge is 0.399 e. The monoisotopic (exact) mass is 454 g/mol. The van der Waals surface area contributed by atoms with Gasteiger partial charge in [0.05, 0.1) is 23.4 Å². The first kappa shape index (κ1) is 20.0. The minimum Gasteiger partial charge on any atom is -0.399 e. The van der Waals surface area contributed by atoms with E-state index in [1.54, 1.807) is 0 Å². The lowest BCUT2D eigenvalue weighted by Crippen LogP contribution is -2.43. The summed E-state index contributed by atoms with van der Waals surface area (Å²) in [6.07, 6.45) is 3.63. The van der Waals surface area contributed by atoms with Gasteiger partial charge in [0.15, 0.2) is 5.41 Å². The normalized spacial score (nSPS) is 24.6. The highest BCUT2D eigenvalue weighted by Crippen LogP contribution is 2.57. The summed E-state index contributed by atoms with van der Waals surface area (Å²) >= 11 is 3.46. The van der Waals surface area contributed by atoms with Crippen molar-refractivity contribution in [3.05, 3.63) is 93.1 Å². The highest BCUT2D eigenvalue weighted by Gasteiger charge is 2.54. The van der Waals surface area contributed by atoms with E-state index in [0.717, 1.165) is 28.5 Å². The maximum atomic E-state index is 10.2. The van der Waals surface area contributed by atoms with Gasteiger partial charge >= 0.3 is 0 Å². The number of fused-ring (bicyclic) bond motifs is 1. The highest BCUT2D eigenvalue weighted by atomic mass is 79.9. The molecular formula is C25H19BrN4. The molecule has 2 aliphatic rings. The molecule has 0 heterocycles. The van der Waals surface area contributed by atoms with E-state index in [9.17, 15) is 15.8 Å². The van der Waals surface area contributed by atoms with Crippen LogP contribution < -0.4 is 5.73 Å². The summed E-state index contributed by atoms with van der Waals surface area (Å²) in [6, 6.07) is 24.5. The summed E-state index contributed by atoms with van der Waals surface area (Å²) in [5.74, 6) is -0.339. The van der Waals surface area contributed by atoms with Crippen LogP contribution >= 0.6 is 15.9 Å². The minimum absolute atomic E-state index is 0.0728. The molecule has 30 heavy (non-hydrogen) atoms. The second-order valence-electron chi connectivity index (χ2n) is 7.81. The molecule has 0 aliphatic heterocycles. The van der Waals surface area contributed by atoms with E-state index in [1.807, 2.05) is 42.5 Å². The zero-order chi connectivity index (χ0) is 21.3. The smallest absolute Gasteiger partial charge is 0.191 e. The molecule has 146 valence electrons. The molecule has 0 spiro atoms. The van der Waals surface area contributed by atoms with Crippen molar-refractivity contribution in [3.8, 4) is 18.2 Å². The first-order valence-corrected chi connectivity index (χ1v) is 10.6. The van der Waals surface area contributed by atoms with Crippen molar-refractivity contribution >= 4 is 15.9 Å². The lowest BCUT2D eigenvalue weighted by atomic mass is 9.55. The van der Waals surface area contributed by atoms with E-state index in [-0.39, 0.29) is 17.5 Å². The quantitative estimate of drug-likeness (QED) is 0.652. The van der Waals surface area contributed by atoms with Crippen molar-refractivity contribution < 1.29 is 0 Å². The Bertz CT molecular complexity index is 1140. The molecular weight excluding hydrogens is 436 g/mol. The van der Waals surface area contributed by atoms with Crippen LogP contribution in [0.15, 0.2) is 82.0 Å². The summed E-state index contributed by atoms with van der Waals surface area (Å²) in [4.78, 5) is 0. The third-order valence-electron chi connectivity index (χ3n) is 6.38. The Morgan fingerprint density at radius 1 is 0.933 bits per heavy atom. The van der Waals surface area contributed by atoms with Crippen LogP contribution in [-0.2, 0) is 0 Å². The van der Waals surface area contributed by atoms with Gasteiger partial charge < -0.3 is 5.73 Å². The van der Waals surface area contributed by atoms with E-state index >= 15 is 0 Å². The first-order chi connectivity index (χ1) is 14.6. The Balaban J connectivity index is 1.93. The van der Waals surface area contributed by atoms with Gasteiger partial charge in [-0.25, -0.2) is 0 Å². The number of halogens is 1. The number of hydrogen-bond donors (Lipinski definition) is 1. The van der Waals surface area contributed by atoms with E-state index in [1.165, 1.54) is 5.56 Å². The molecule has 0 radical (unpaired) electrons. The maximum absolute atomic E-state index is 10.2. The second-order valence-corrected chi connectivity index (χ2v) is 8.72. The third kappa shape index (κ3) is 3.02. The fraction of sp³-hybridized carbons (Fsp3) is 0.240. The van der Waals surface area contributed by atoms with Crippen LogP contribution in [0.4, 0.5) is 0 Å². The molecule has 0 amide bonds. The number of nitriles is 3. The Labute approximate surface area is 184 Å². The van der Waals surface area contributed by atoms with Crippen molar-refractivity contribution in [2.75, 3.05) is 0 Å². The molecule has 0 fully saturated rings. The lowest BCUT2D eigenvalue weighted by molar-refractivity contribution is 0.303. The second kappa shape index (κ2) is 7.83. The molecule has 2 aliphatic carbocycles. The molecule has 0 saturated carbocycles. The number of rotatable bonds is 2. The zero-order valence-electron chi connectivity index (χ0n) is 16.2. The van der Waals surface area contributed by atoms with E-state index in [4.69, 9.17) is 5.73 Å². The maximum Gasteiger partial charge on any atom is 0.191 e.